The zero-order chi connectivity index (χ0) is 24.6. The second-order valence-corrected chi connectivity index (χ2v) is 8.81. The van der Waals surface area contributed by atoms with Gasteiger partial charge >= 0.3 is 5.97 Å². The van der Waals surface area contributed by atoms with E-state index in [9.17, 15) is 4.79 Å². The Hall–Kier alpha value is -3.32. The van der Waals surface area contributed by atoms with E-state index in [-0.39, 0.29) is 23.3 Å². The minimum atomic E-state index is -0.537. The Morgan fingerprint density at radius 2 is 1.94 bits per heavy atom. The second-order valence-electron chi connectivity index (χ2n) is 8.48. The summed E-state index contributed by atoms with van der Waals surface area (Å²) >= 11 is 6.01. The minimum absolute atomic E-state index is 0.0125. The molecule has 1 aliphatic rings. The summed E-state index contributed by atoms with van der Waals surface area (Å²) in [7, 11) is 1.60. The van der Waals surface area contributed by atoms with Crippen LogP contribution >= 0.6 is 11.6 Å². The molecule has 0 saturated heterocycles. The highest BCUT2D eigenvalue weighted by molar-refractivity contribution is 6.28. The number of benzene rings is 2. The molecule has 0 aliphatic heterocycles. The van der Waals surface area contributed by atoms with Gasteiger partial charge in [-0.15, -0.1) is 0 Å². The van der Waals surface area contributed by atoms with Crippen LogP contribution in [0.25, 0.3) is 11.1 Å². The van der Waals surface area contributed by atoms with E-state index >= 15 is 0 Å². The molecule has 1 aromatic heterocycles. The van der Waals surface area contributed by atoms with E-state index in [0.29, 0.717) is 17.4 Å². The maximum Gasteiger partial charge on any atom is 0.343 e. The molecule has 0 radical (unpaired) electrons. The first kappa shape index (κ1) is 24.8. The molecule has 0 amide bonds. The molecule has 1 aliphatic carbocycles. The van der Waals surface area contributed by atoms with Crippen molar-refractivity contribution in [1.29, 1.82) is 0 Å². The average molecular weight is 496 g/mol. The Balaban J connectivity index is 1.60. The summed E-state index contributed by atoms with van der Waals surface area (Å²) in [5, 5.41) is 3.18. The van der Waals surface area contributed by atoms with E-state index in [2.05, 4.69) is 15.3 Å². The topological polar surface area (TPSA) is 82.6 Å². The number of para-hydroxylation sites is 1. The molecule has 1 saturated carbocycles. The first-order chi connectivity index (χ1) is 17.1. The molecular weight excluding hydrogens is 466 g/mol. The predicted octanol–water partition coefficient (Wildman–Crippen LogP) is 6.69. The van der Waals surface area contributed by atoms with Crippen LogP contribution in [0.15, 0.2) is 48.7 Å². The Bertz CT molecular complexity index is 1160. The second kappa shape index (κ2) is 11.9. The summed E-state index contributed by atoms with van der Waals surface area (Å²) in [4.78, 5) is 20.5. The van der Waals surface area contributed by atoms with Crippen molar-refractivity contribution in [1.82, 2.24) is 9.97 Å². The van der Waals surface area contributed by atoms with Crippen LogP contribution in [-0.4, -0.2) is 36.3 Å². The number of esters is 1. The Morgan fingerprint density at radius 3 is 2.71 bits per heavy atom. The third kappa shape index (κ3) is 6.22. The first-order valence-corrected chi connectivity index (χ1v) is 12.3. The average Bonchev–Trinajstić information content (AvgIpc) is 2.88. The molecule has 0 spiro atoms. The van der Waals surface area contributed by atoms with Crippen molar-refractivity contribution < 1.29 is 19.0 Å². The lowest BCUT2D eigenvalue weighted by molar-refractivity contribution is 0.0526. The third-order valence-electron chi connectivity index (χ3n) is 6.08. The Labute approximate surface area is 210 Å². The molecule has 1 heterocycles. The summed E-state index contributed by atoms with van der Waals surface area (Å²) in [5.74, 6) is 1.76. The summed E-state index contributed by atoms with van der Waals surface area (Å²) in [6, 6.07) is 13.7. The SMILES string of the molecule is CCOC(=O)c1cnc(Cl)nc1Nc1cccc(-c2cccc(OCC3CCCCC3)c2)c1OC. The summed E-state index contributed by atoms with van der Waals surface area (Å²) in [6.45, 7) is 2.72. The van der Waals surface area contributed by atoms with E-state index in [4.69, 9.17) is 25.8 Å². The molecule has 7 nitrogen and oxygen atoms in total. The highest BCUT2D eigenvalue weighted by Crippen LogP contribution is 2.39. The smallest absolute Gasteiger partial charge is 0.343 e. The Kier molecular flexibility index (Phi) is 8.42. The number of hydrogen-bond donors (Lipinski definition) is 1. The van der Waals surface area contributed by atoms with Crippen LogP contribution < -0.4 is 14.8 Å². The van der Waals surface area contributed by atoms with Gasteiger partial charge in [0, 0.05) is 11.8 Å². The lowest BCUT2D eigenvalue weighted by Crippen LogP contribution is -2.15. The van der Waals surface area contributed by atoms with E-state index in [1.807, 2.05) is 42.5 Å². The van der Waals surface area contributed by atoms with Gasteiger partial charge in [-0.1, -0.05) is 43.5 Å². The van der Waals surface area contributed by atoms with Gasteiger partial charge in [0.2, 0.25) is 5.28 Å². The summed E-state index contributed by atoms with van der Waals surface area (Å²) < 4.78 is 17.1. The van der Waals surface area contributed by atoms with Crippen LogP contribution in [0.4, 0.5) is 11.5 Å². The molecule has 3 aromatic rings. The number of anilines is 2. The van der Waals surface area contributed by atoms with Crippen molar-refractivity contribution >= 4 is 29.1 Å². The lowest BCUT2D eigenvalue weighted by Gasteiger charge is -2.22. The molecule has 2 aromatic carbocycles. The molecule has 0 bridgehead atoms. The van der Waals surface area contributed by atoms with Crippen molar-refractivity contribution in [2.24, 2.45) is 5.92 Å². The number of rotatable bonds is 9. The highest BCUT2D eigenvalue weighted by Gasteiger charge is 2.19. The fraction of sp³-hybridized carbons (Fsp3) is 0.370. The molecule has 184 valence electrons. The number of ether oxygens (including phenoxy) is 3. The quantitative estimate of drug-likeness (QED) is 0.261. The van der Waals surface area contributed by atoms with Crippen molar-refractivity contribution in [2.75, 3.05) is 25.6 Å². The Morgan fingerprint density at radius 1 is 1.14 bits per heavy atom. The fourth-order valence-electron chi connectivity index (χ4n) is 4.35. The molecule has 4 rings (SSSR count). The monoisotopic (exact) mass is 495 g/mol. The summed E-state index contributed by atoms with van der Waals surface area (Å²) in [5.41, 5.74) is 2.64. The maximum absolute atomic E-state index is 12.4. The van der Waals surface area contributed by atoms with Gasteiger partial charge in [-0.2, -0.15) is 4.98 Å². The van der Waals surface area contributed by atoms with Crippen LogP contribution in [0.3, 0.4) is 0 Å². The molecule has 0 unspecified atom stereocenters. The van der Waals surface area contributed by atoms with E-state index in [0.717, 1.165) is 23.5 Å². The van der Waals surface area contributed by atoms with Crippen molar-refractivity contribution in [2.45, 2.75) is 39.0 Å². The van der Waals surface area contributed by atoms with Crippen LogP contribution in [0.5, 0.6) is 11.5 Å². The van der Waals surface area contributed by atoms with Gasteiger partial charge in [-0.05, 0) is 61.0 Å². The van der Waals surface area contributed by atoms with Gasteiger partial charge in [-0.3, -0.25) is 0 Å². The molecule has 1 N–H and O–H groups in total. The molecule has 0 atom stereocenters. The van der Waals surface area contributed by atoms with E-state index < -0.39 is 5.97 Å². The van der Waals surface area contributed by atoms with Gasteiger partial charge in [-0.25, -0.2) is 9.78 Å². The number of halogens is 1. The van der Waals surface area contributed by atoms with Crippen molar-refractivity contribution in [3.8, 4) is 22.6 Å². The predicted molar refractivity (Wildman–Crippen MR) is 137 cm³/mol. The van der Waals surface area contributed by atoms with Crippen molar-refractivity contribution in [3.63, 3.8) is 0 Å². The standard InChI is InChI=1S/C27H30ClN3O4/c1-3-34-26(32)22-16-29-27(28)31-25(22)30-23-14-8-13-21(24(23)33-2)19-11-7-12-20(15-19)35-17-18-9-5-4-6-10-18/h7-8,11-16,18H,3-6,9-10,17H2,1-2H3,(H,29,30,31). The lowest BCUT2D eigenvalue weighted by atomic mass is 9.90. The number of nitrogens with zero attached hydrogens (tertiary/aromatic N) is 2. The first-order valence-electron chi connectivity index (χ1n) is 12.0. The minimum Gasteiger partial charge on any atom is -0.494 e. The van der Waals surface area contributed by atoms with E-state index in [1.165, 1.54) is 38.3 Å². The normalized spacial score (nSPS) is 13.8. The third-order valence-corrected chi connectivity index (χ3v) is 6.26. The highest BCUT2D eigenvalue weighted by atomic mass is 35.5. The van der Waals surface area contributed by atoms with Crippen LogP contribution in [0, 0.1) is 5.92 Å². The van der Waals surface area contributed by atoms with Gasteiger partial charge in [0.15, 0.2) is 0 Å². The fourth-order valence-corrected chi connectivity index (χ4v) is 4.48. The number of aromatic nitrogens is 2. The number of carbonyl (C=O) groups excluding carboxylic acids is 1. The molecular formula is C27H30ClN3O4. The summed E-state index contributed by atoms with van der Waals surface area (Å²) in [6.07, 6.45) is 7.74. The van der Waals surface area contributed by atoms with Gasteiger partial charge in [0.25, 0.3) is 0 Å². The van der Waals surface area contributed by atoms with Crippen LogP contribution in [0.1, 0.15) is 49.4 Å². The van der Waals surface area contributed by atoms with Crippen molar-refractivity contribution in [3.05, 3.63) is 59.5 Å². The number of carbonyl (C=O) groups is 1. The largest absolute Gasteiger partial charge is 0.494 e. The van der Waals surface area contributed by atoms with Gasteiger partial charge < -0.3 is 19.5 Å². The molecule has 8 heteroatoms. The molecule has 1 fully saturated rings. The number of methoxy groups -OCH3 is 1. The number of hydrogen-bond acceptors (Lipinski definition) is 7. The maximum atomic E-state index is 12.4. The van der Waals surface area contributed by atoms with Crippen LogP contribution in [0.2, 0.25) is 5.28 Å². The molecule has 35 heavy (non-hydrogen) atoms. The van der Waals surface area contributed by atoms with Crippen LogP contribution in [-0.2, 0) is 4.74 Å². The zero-order valence-corrected chi connectivity index (χ0v) is 20.8. The zero-order valence-electron chi connectivity index (χ0n) is 20.1. The van der Waals surface area contributed by atoms with Gasteiger partial charge in [0.05, 0.1) is 26.0 Å². The number of nitrogens with one attached hydrogen (secondary N) is 1. The van der Waals surface area contributed by atoms with Gasteiger partial charge in [0.1, 0.15) is 22.9 Å². The van der Waals surface area contributed by atoms with E-state index in [1.54, 1.807) is 14.0 Å².